The topological polar surface area (TPSA) is 46.3 Å². The minimum atomic E-state index is -5.69. The second-order valence-corrected chi connectivity index (χ2v) is 4.45. The van der Waals surface area contributed by atoms with Gasteiger partial charge in [-0.2, -0.15) is 26.3 Å². The Labute approximate surface area is 116 Å². The molecule has 0 fully saturated rings. The second-order valence-electron chi connectivity index (χ2n) is 4.45. The number of nitrogen functional groups attached to an aromatic ring is 1. The lowest BCUT2D eigenvalue weighted by molar-refractivity contribution is -0.277. The van der Waals surface area contributed by atoms with E-state index in [9.17, 15) is 31.1 Å². The number of anilines is 1. The molecular weight excluding hydrogens is 302 g/mol. The zero-order chi connectivity index (χ0) is 16.4. The predicted octanol–water partition coefficient (Wildman–Crippen LogP) is 2.97. The highest BCUT2D eigenvalue weighted by Crippen LogP contribution is 2.40. The molecule has 0 aromatic heterocycles. The molecule has 0 spiro atoms. The Balaban J connectivity index is 2.91. The highest BCUT2D eigenvalue weighted by molar-refractivity contribution is 5.80. The molecule has 0 saturated carbocycles. The van der Waals surface area contributed by atoms with Gasteiger partial charge in [0, 0.05) is 19.3 Å². The lowest BCUT2D eigenvalue weighted by atomic mass is 10.1. The first-order valence-corrected chi connectivity index (χ1v) is 5.65. The summed E-state index contributed by atoms with van der Waals surface area (Å²) in [5.74, 6) is -6.07. The predicted molar refractivity (Wildman–Crippen MR) is 62.9 cm³/mol. The Morgan fingerprint density at radius 3 is 1.90 bits per heavy atom. The van der Waals surface area contributed by atoms with Gasteiger partial charge in [-0.15, -0.1) is 0 Å². The molecule has 0 aliphatic rings. The molecule has 21 heavy (non-hydrogen) atoms. The number of carbonyl (C=O) groups is 1. The summed E-state index contributed by atoms with van der Waals surface area (Å²) in [5.41, 5.74) is 6.15. The molecule has 0 heterocycles. The third-order valence-corrected chi connectivity index (χ3v) is 2.68. The van der Waals surface area contributed by atoms with Crippen LogP contribution in [0.2, 0.25) is 0 Å². The van der Waals surface area contributed by atoms with Crippen LogP contribution in [-0.4, -0.2) is 30.2 Å². The number of nitrogens with two attached hydrogens (primary N) is 1. The van der Waals surface area contributed by atoms with E-state index in [2.05, 4.69) is 0 Å². The van der Waals surface area contributed by atoms with Crippen molar-refractivity contribution < 1.29 is 31.1 Å². The van der Waals surface area contributed by atoms with Crippen LogP contribution in [0.4, 0.5) is 32.0 Å². The molecular formula is C12H12F6N2O. The van der Waals surface area contributed by atoms with E-state index in [1.54, 1.807) is 0 Å². The third kappa shape index (κ3) is 4.54. The Morgan fingerprint density at radius 1 is 1.10 bits per heavy atom. The lowest BCUT2D eigenvalue weighted by Crippen LogP contribution is -2.48. The smallest absolute Gasteiger partial charge is 0.399 e. The quantitative estimate of drug-likeness (QED) is 0.689. The van der Waals surface area contributed by atoms with Crippen LogP contribution in [0.3, 0.4) is 0 Å². The fraction of sp³-hybridized carbons (Fsp3) is 0.417. The Bertz CT molecular complexity index is 480. The summed E-state index contributed by atoms with van der Waals surface area (Å²) >= 11 is 0. The summed E-state index contributed by atoms with van der Waals surface area (Å²) in [7, 11) is 0.878. The molecule has 3 nitrogen and oxygen atoms in total. The molecule has 1 aromatic carbocycles. The standard InChI is InChI=1S/C12H12F6N2O/c1-20(6-7-2-4-8(19)5-3-7)10(21)9(11(13,14)15)12(16,17)18/h2-5,9H,6,19H2,1H3. The van der Waals surface area contributed by atoms with E-state index in [1.807, 2.05) is 0 Å². The molecule has 0 radical (unpaired) electrons. The van der Waals surface area contributed by atoms with E-state index in [1.165, 1.54) is 24.3 Å². The van der Waals surface area contributed by atoms with Crippen LogP contribution < -0.4 is 5.73 Å². The van der Waals surface area contributed by atoms with Gasteiger partial charge in [-0.3, -0.25) is 4.79 Å². The van der Waals surface area contributed by atoms with Crippen molar-refractivity contribution in [1.29, 1.82) is 0 Å². The number of alkyl halides is 6. The average Bonchev–Trinajstić information content (AvgIpc) is 2.28. The first-order chi connectivity index (χ1) is 9.43. The van der Waals surface area contributed by atoms with E-state index in [0.717, 1.165) is 7.05 Å². The van der Waals surface area contributed by atoms with E-state index in [-0.39, 0.29) is 6.54 Å². The molecule has 0 aliphatic carbocycles. The zero-order valence-electron chi connectivity index (χ0n) is 10.8. The summed E-state index contributed by atoms with van der Waals surface area (Å²) in [4.78, 5) is 11.9. The van der Waals surface area contributed by atoms with Crippen LogP contribution in [0.1, 0.15) is 5.56 Å². The monoisotopic (exact) mass is 314 g/mol. The minimum Gasteiger partial charge on any atom is -0.399 e. The van der Waals surface area contributed by atoms with Gasteiger partial charge in [0.15, 0.2) is 0 Å². The molecule has 0 bridgehead atoms. The van der Waals surface area contributed by atoms with E-state index >= 15 is 0 Å². The van der Waals surface area contributed by atoms with Crippen molar-refractivity contribution in [1.82, 2.24) is 4.90 Å². The van der Waals surface area contributed by atoms with Crippen molar-refractivity contribution in [3.63, 3.8) is 0 Å². The normalized spacial score (nSPS) is 12.6. The van der Waals surface area contributed by atoms with Crippen LogP contribution in [0.5, 0.6) is 0 Å². The van der Waals surface area contributed by atoms with Gasteiger partial charge in [-0.25, -0.2) is 0 Å². The number of hydrogen-bond acceptors (Lipinski definition) is 2. The highest BCUT2D eigenvalue weighted by atomic mass is 19.4. The summed E-state index contributed by atoms with van der Waals surface area (Å²) in [5, 5.41) is 0. The number of nitrogens with zero attached hydrogens (tertiary/aromatic N) is 1. The van der Waals surface area contributed by atoms with Gasteiger partial charge in [-0.1, -0.05) is 12.1 Å². The maximum Gasteiger partial charge on any atom is 0.409 e. The Kier molecular flexibility index (Phi) is 4.75. The Morgan fingerprint density at radius 2 is 1.52 bits per heavy atom. The van der Waals surface area contributed by atoms with E-state index < -0.39 is 24.2 Å². The van der Waals surface area contributed by atoms with Gasteiger partial charge in [0.25, 0.3) is 0 Å². The van der Waals surface area contributed by atoms with Crippen LogP contribution in [-0.2, 0) is 11.3 Å². The van der Waals surface area contributed by atoms with Crippen molar-refractivity contribution in [2.24, 2.45) is 5.92 Å². The van der Waals surface area contributed by atoms with Crippen molar-refractivity contribution in [3.05, 3.63) is 29.8 Å². The molecule has 0 atom stereocenters. The number of hydrogen-bond donors (Lipinski definition) is 1. The van der Waals surface area contributed by atoms with E-state index in [4.69, 9.17) is 5.73 Å². The molecule has 0 unspecified atom stereocenters. The molecule has 1 amide bonds. The number of halogens is 6. The first-order valence-electron chi connectivity index (χ1n) is 5.65. The van der Waals surface area contributed by atoms with Gasteiger partial charge in [0.2, 0.25) is 11.8 Å². The number of benzene rings is 1. The zero-order valence-corrected chi connectivity index (χ0v) is 10.8. The Hall–Kier alpha value is -1.93. The maximum absolute atomic E-state index is 12.4. The first kappa shape index (κ1) is 17.1. The largest absolute Gasteiger partial charge is 0.409 e. The highest BCUT2D eigenvalue weighted by Gasteiger charge is 2.61. The number of rotatable bonds is 3. The fourth-order valence-corrected chi connectivity index (χ4v) is 1.66. The van der Waals surface area contributed by atoms with Gasteiger partial charge < -0.3 is 10.6 Å². The summed E-state index contributed by atoms with van der Waals surface area (Å²) in [6.07, 6.45) is -11.4. The lowest BCUT2D eigenvalue weighted by Gasteiger charge is -2.27. The van der Waals surface area contributed by atoms with Crippen LogP contribution in [0.25, 0.3) is 0 Å². The van der Waals surface area contributed by atoms with Crippen LogP contribution in [0, 0.1) is 5.92 Å². The van der Waals surface area contributed by atoms with Crippen molar-refractivity contribution in [2.75, 3.05) is 12.8 Å². The average molecular weight is 314 g/mol. The van der Waals surface area contributed by atoms with Gasteiger partial charge in [0.05, 0.1) is 0 Å². The molecule has 1 aromatic rings. The number of amides is 1. The maximum atomic E-state index is 12.4. The van der Waals surface area contributed by atoms with Crippen molar-refractivity contribution in [3.8, 4) is 0 Å². The molecule has 1 rings (SSSR count). The number of carbonyl (C=O) groups excluding carboxylic acids is 1. The third-order valence-electron chi connectivity index (χ3n) is 2.68. The minimum absolute atomic E-state index is 0.364. The van der Waals surface area contributed by atoms with Gasteiger partial charge in [-0.05, 0) is 17.7 Å². The molecule has 9 heteroatoms. The molecule has 118 valence electrons. The molecule has 0 aliphatic heterocycles. The summed E-state index contributed by atoms with van der Waals surface area (Å²) < 4.78 is 74.6. The molecule has 2 N–H and O–H groups in total. The van der Waals surface area contributed by atoms with E-state index in [0.29, 0.717) is 16.2 Å². The van der Waals surface area contributed by atoms with Gasteiger partial charge in [0.1, 0.15) is 0 Å². The van der Waals surface area contributed by atoms with Crippen LogP contribution >= 0.6 is 0 Å². The SMILES string of the molecule is CN(Cc1ccc(N)cc1)C(=O)C(C(F)(F)F)C(F)(F)F. The van der Waals surface area contributed by atoms with Gasteiger partial charge >= 0.3 is 12.4 Å². The molecule has 0 saturated heterocycles. The summed E-state index contributed by atoms with van der Waals surface area (Å²) in [6, 6.07) is 5.68. The summed E-state index contributed by atoms with van der Waals surface area (Å²) in [6.45, 7) is -0.387. The fourth-order valence-electron chi connectivity index (χ4n) is 1.66. The van der Waals surface area contributed by atoms with Crippen molar-refractivity contribution >= 4 is 11.6 Å². The van der Waals surface area contributed by atoms with Crippen molar-refractivity contribution in [2.45, 2.75) is 18.9 Å². The second kappa shape index (κ2) is 5.82. The van der Waals surface area contributed by atoms with Crippen LogP contribution in [0.15, 0.2) is 24.3 Å².